The van der Waals surface area contributed by atoms with Crippen LogP contribution in [0.5, 0.6) is 0 Å². The average molecular weight is 280 g/mol. The van der Waals surface area contributed by atoms with Gasteiger partial charge in [-0.2, -0.15) is 4.68 Å². The smallest absolute Gasteiger partial charge is 0.389 e. The number of piperidine rings is 1. The summed E-state index contributed by atoms with van der Waals surface area (Å²) in [6.07, 6.45) is 4.22. The van der Waals surface area contributed by atoms with Crippen molar-refractivity contribution >= 4 is 11.7 Å². The van der Waals surface area contributed by atoms with Gasteiger partial charge in [0.15, 0.2) is 0 Å². The largest absolute Gasteiger partial charge is 0.393 e. The molecule has 1 aromatic heterocycles. The Morgan fingerprint density at radius 2 is 2.10 bits per heavy atom. The quantitative estimate of drug-likeness (QED) is 0.634. The topological polar surface area (TPSA) is 102 Å². The molecule has 2 saturated heterocycles. The highest BCUT2D eigenvalue weighted by atomic mass is 16.6. The van der Waals surface area contributed by atoms with Crippen LogP contribution in [-0.4, -0.2) is 48.8 Å². The van der Waals surface area contributed by atoms with Crippen molar-refractivity contribution in [3.05, 3.63) is 22.4 Å². The van der Waals surface area contributed by atoms with Crippen LogP contribution in [-0.2, 0) is 11.3 Å². The van der Waals surface area contributed by atoms with Crippen molar-refractivity contribution < 1.29 is 14.8 Å². The maximum atomic E-state index is 12.3. The van der Waals surface area contributed by atoms with Gasteiger partial charge in [0.05, 0.1) is 23.5 Å². The molecule has 20 heavy (non-hydrogen) atoms. The fourth-order valence-corrected chi connectivity index (χ4v) is 3.31. The average Bonchev–Trinajstić information content (AvgIpc) is 2.93. The molecule has 0 aromatic carbocycles. The molecule has 1 N–H and O–H groups in total. The fourth-order valence-electron chi connectivity index (χ4n) is 3.31. The maximum Gasteiger partial charge on any atom is 0.389 e. The molecule has 8 heteroatoms. The Balaban J connectivity index is 1.69. The van der Waals surface area contributed by atoms with Crippen LogP contribution in [0.3, 0.4) is 0 Å². The van der Waals surface area contributed by atoms with Gasteiger partial charge in [-0.1, -0.05) is 0 Å². The standard InChI is InChI=1S/C12H16N4O4/c17-10-5-8-1-2-9(6-10)15(8)12(18)7-14-4-3-11(13-14)16(19)20/h3-4,8-10,17H,1-2,5-7H2. The molecule has 2 aliphatic rings. The van der Waals surface area contributed by atoms with Gasteiger partial charge in [0.2, 0.25) is 5.91 Å². The number of hydrogen-bond acceptors (Lipinski definition) is 5. The van der Waals surface area contributed by atoms with Gasteiger partial charge < -0.3 is 20.1 Å². The second-order valence-corrected chi connectivity index (χ2v) is 5.44. The van der Waals surface area contributed by atoms with E-state index >= 15 is 0 Å². The highest BCUT2D eigenvalue weighted by Gasteiger charge is 2.42. The molecular weight excluding hydrogens is 264 g/mol. The van der Waals surface area contributed by atoms with Gasteiger partial charge in [-0.3, -0.25) is 4.79 Å². The van der Waals surface area contributed by atoms with E-state index in [4.69, 9.17) is 0 Å². The van der Waals surface area contributed by atoms with Crippen LogP contribution in [0.15, 0.2) is 12.3 Å². The SMILES string of the molecule is O=C(Cn1ccc([N+](=O)[O-])n1)N1C2CCC1CC(O)C2. The number of carbonyl (C=O) groups is 1. The van der Waals surface area contributed by atoms with Crippen molar-refractivity contribution in [2.24, 2.45) is 0 Å². The summed E-state index contributed by atoms with van der Waals surface area (Å²) in [4.78, 5) is 24.1. The number of fused-ring (bicyclic) bond motifs is 2. The molecule has 3 heterocycles. The van der Waals surface area contributed by atoms with Crippen LogP contribution in [0.1, 0.15) is 25.7 Å². The normalized spacial score (nSPS) is 28.6. The lowest BCUT2D eigenvalue weighted by Gasteiger charge is -2.37. The van der Waals surface area contributed by atoms with E-state index in [0.29, 0.717) is 12.8 Å². The van der Waals surface area contributed by atoms with E-state index in [0.717, 1.165) is 12.8 Å². The van der Waals surface area contributed by atoms with Crippen LogP contribution in [0.4, 0.5) is 5.82 Å². The van der Waals surface area contributed by atoms with Crippen LogP contribution in [0.25, 0.3) is 0 Å². The molecule has 2 bridgehead atoms. The molecule has 108 valence electrons. The van der Waals surface area contributed by atoms with Crippen LogP contribution >= 0.6 is 0 Å². The van der Waals surface area contributed by atoms with Crippen LogP contribution in [0.2, 0.25) is 0 Å². The zero-order valence-corrected chi connectivity index (χ0v) is 10.9. The van der Waals surface area contributed by atoms with Gasteiger partial charge in [0, 0.05) is 12.1 Å². The van der Waals surface area contributed by atoms with Crippen LogP contribution in [0, 0.1) is 10.1 Å². The molecule has 2 atom stereocenters. The number of hydrogen-bond donors (Lipinski definition) is 1. The summed E-state index contributed by atoms with van der Waals surface area (Å²) in [6.45, 7) is 0.0108. The molecule has 2 fully saturated rings. The second-order valence-electron chi connectivity index (χ2n) is 5.44. The number of aliphatic hydroxyl groups excluding tert-OH is 1. The minimum absolute atomic E-state index is 0.0108. The van der Waals surface area contributed by atoms with E-state index in [1.807, 2.05) is 4.90 Å². The van der Waals surface area contributed by atoms with Crippen molar-refractivity contribution in [1.29, 1.82) is 0 Å². The number of amides is 1. The van der Waals surface area contributed by atoms with Gasteiger partial charge in [-0.05, 0) is 30.6 Å². The number of nitro groups is 1. The molecule has 1 aromatic rings. The first-order chi connectivity index (χ1) is 9.54. The predicted molar refractivity (Wildman–Crippen MR) is 67.8 cm³/mol. The number of aliphatic hydroxyl groups is 1. The Labute approximate surface area is 115 Å². The summed E-state index contributed by atoms with van der Waals surface area (Å²) in [7, 11) is 0. The van der Waals surface area contributed by atoms with Crippen molar-refractivity contribution in [2.45, 2.75) is 50.4 Å². The van der Waals surface area contributed by atoms with Crippen molar-refractivity contribution in [3.63, 3.8) is 0 Å². The molecule has 0 saturated carbocycles. The molecule has 2 aliphatic heterocycles. The summed E-state index contributed by atoms with van der Waals surface area (Å²) in [5.41, 5.74) is 0. The van der Waals surface area contributed by atoms with Gasteiger partial charge >= 0.3 is 5.82 Å². The number of rotatable bonds is 3. The summed E-state index contributed by atoms with van der Waals surface area (Å²) in [6, 6.07) is 1.48. The Bertz CT molecular complexity index is 529. The molecule has 8 nitrogen and oxygen atoms in total. The summed E-state index contributed by atoms with van der Waals surface area (Å²) in [5.74, 6) is -0.336. The van der Waals surface area contributed by atoms with E-state index in [9.17, 15) is 20.0 Å². The maximum absolute atomic E-state index is 12.3. The first-order valence-electron chi connectivity index (χ1n) is 6.71. The van der Waals surface area contributed by atoms with Gasteiger partial charge in [-0.15, -0.1) is 0 Å². The van der Waals surface area contributed by atoms with Crippen molar-refractivity contribution in [1.82, 2.24) is 14.7 Å². The van der Waals surface area contributed by atoms with E-state index < -0.39 is 4.92 Å². The van der Waals surface area contributed by atoms with Gasteiger partial charge in [0.25, 0.3) is 0 Å². The summed E-state index contributed by atoms with van der Waals surface area (Å²) < 4.78 is 1.30. The van der Waals surface area contributed by atoms with E-state index in [1.54, 1.807) is 0 Å². The molecule has 0 radical (unpaired) electrons. The first-order valence-corrected chi connectivity index (χ1v) is 6.71. The lowest BCUT2D eigenvalue weighted by molar-refractivity contribution is -0.389. The van der Waals surface area contributed by atoms with Gasteiger partial charge in [-0.25, -0.2) is 0 Å². The minimum atomic E-state index is -0.581. The molecular formula is C12H16N4O4. The number of aromatic nitrogens is 2. The zero-order valence-electron chi connectivity index (χ0n) is 10.9. The Hall–Kier alpha value is -1.96. The van der Waals surface area contributed by atoms with E-state index in [1.165, 1.54) is 16.9 Å². The van der Waals surface area contributed by atoms with Gasteiger partial charge in [0.1, 0.15) is 6.54 Å². The van der Waals surface area contributed by atoms with E-state index in [2.05, 4.69) is 5.10 Å². The second kappa shape index (κ2) is 4.86. The Kier molecular flexibility index (Phi) is 3.17. The number of carbonyl (C=O) groups excluding carboxylic acids is 1. The lowest BCUT2D eigenvalue weighted by atomic mass is 10.00. The van der Waals surface area contributed by atoms with Crippen LogP contribution < -0.4 is 0 Å². The first kappa shape index (κ1) is 13.0. The van der Waals surface area contributed by atoms with Crippen molar-refractivity contribution in [3.8, 4) is 0 Å². The summed E-state index contributed by atoms with van der Waals surface area (Å²) in [5, 5.41) is 24.0. The predicted octanol–water partition coefficient (Wildman–Crippen LogP) is 0.306. The molecule has 3 rings (SSSR count). The molecule has 0 aliphatic carbocycles. The summed E-state index contributed by atoms with van der Waals surface area (Å²) >= 11 is 0. The minimum Gasteiger partial charge on any atom is -0.393 e. The molecule has 1 amide bonds. The molecule has 0 spiro atoms. The zero-order chi connectivity index (χ0) is 14.3. The fraction of sp³-hybridized carbons (Fsp3) is 0.667. The van der Waals surface area contributed by atoms with Crippen molar-refractivity contribution in [2.75, 3.05) is 0 Å². The third-order valence-corrected chi connectivity index (χ3v) is 4.11. The Morgan fingerprint density at radius 1 is 1.45 bits per heavy atom. The monoisotopic (exact) mass is 280 g/mol. The lowest BCUT2D eigenvalue weighted by Crippen LogP contribution is -2.49. The molecule has 2 unspecified atom stereocenters. The highest BCUT2D eigenvalue weighted by molar-refractivity contribution is 5.77. The third-order valence-electron chi connectivity index (χ3n) is 4.11. The number of nitrogens with zero attached hydrogens (tertiary/aromatic N) is 4. The van der Waals surface area contributed by atoms with E-state index in [-0.39, 0.29) is 36.5 Å². The highest BCUT2D eigenvalue weighted by Crippen LogP contribution is 2.35. The third kappa shape index (κ3) is 2.26. The Morgan fingerprint density at radius 3 is 2.65 bits per heavy atom.